The predicted molar refractivity (Wildman–Crippen MR) is 139 cm³/mol. The molecule has 1 aromatic heterocycles. The number of benzene rings is 1. The fourth-order valence-electron chi connectivity index (χ4n) is 5.77. The minimum atomic E-state index is -4.67. The number of fused-ring (bicyclic) bond motifs is 1. The first kappa shape index (κ1) is 27.8. The number of carbonyl (C=O) groups is 2. The number of aromatic nitrogens is 1. The van der Waals surface area contributed by atoms with Crippen LogP contribution in [0.3, 0.4) is 0 Å². The highest BCUT2D eigenvalue weighted by Crippen LogP contribution is 2.40. The number of nitrogens with zero attached hydrogens (tertiary/aromatic N) is 5. The number of halogens is 3. The van der Waals surface area contributed by atoms with Crippen molar-refractivity contribution >= 4 is 17.6 Å². The first-order valence-corrected chi connectivity index (χ1v) is 13.3. The lowest BCUT2D eigenvalue weighted by molar-refractivity contribution is -0.202. The van der Waals surface area contributed by atoms with Crippen LogP contribution in [-0.4, -0.2) is 84.6 Å². The number of nitriles is 1. The van der Waals surface area contributed by atoms with E-state index in [4.69, 9.17) is 5.26 Å². The second-order valence-corrected chi connectivity index (χ2v) is 10.2. The van der Waals surface area contributed by atoms with Crippen LogP contribution in [0, 0.1) is 17.2 Å². The molecule has 3 aliphatic heterocycles. The number of nitrogens with one attached hydrogen (secondary N) is 3. The molecule has 13 heteroatoms. The Morgan fingerprint density at radius 3 is 2.62 bits per heavy atom. The van der Waals surface area contributed by atoms with Crippen molar-refractivity contribution in [1.82, 2.24) is 31.0 Å². The summed E-state index contributed by atoms with van der Waals surface area (Å²) in [4.78, 5) is 35.0. The molecular formula is C27H31F3N8O2. The van der Waals surface area contributed by atoms with E-state index in [1.54, 1.807) is 21.9 Å². The largest absolute Gasteiger partial charge is 0.402 e. The molecule has 212 valence electrons. The van der Waals surface area contributed by atoms with Gasteiger partial charge in [0, 0.05) is 77.1 Å². The zero-order valence-electron chi connectivity index (χ0n) is 21.8. The first-order valence-electron chi connectivity index (χ1n) is 13.3. The summed E-state index contributed by atoms with van der Waals surface area (Å²) in [5.74, 6) is -2.43. The van der Waals surface area contributed by atoms with Gasteiger partial charge in [-0.1, -0.05) is 24.3 Å². The molecule has 1 aromatic carbocycles. The van der Waals surface area contributed by atoms with E-state index in [1.807, 2.05) is 30.3 Å². The third-order valence-corrected chi connectivity index (χ3v) is 7.82. The van der Waals surface area contributed by atoms with Gasteiger partial charge in [0.25, 0.3) is 0 Å². The van der Waals surface area contributed by atoms with Crippen molar-refractivity contribution in [3.8, 4) is 6.07 Å². The molecule has 3 atom stereocenters. The summed E-state index contributed by atoms with van der Waals surface area (Å²) in [5.41, 5.74) is 7.11. The minimum Gasteiger partial charge on any atom is -0.353 e. The van der Waals surface area contributed by atoms with Crippen LogP contribution in [-0.2, 0) is 16.1 Å². The number of hydrogen-bond acceptors (Lipinski definition) is 8. The van der Waals surface area contributed by atoms with Crippen molar-refractivity contribution in [2.45, 2.75) is 31.2 Å². The summed E-state index contributed by atoms with van der Waals surface area (Å²) in [5, 5.41) is 12.2. The van der Waals surface area contributed by atoms with Crippen LogP contribution in [0.15, 0.2) is 42.6 Å². The van der Waals surface area contributed by atoms with E-state index in [-0.39, 0.29) is 24.9 Å². The molecule has 4 heterocycles. The van der Waals surface area contributed by atoms with Gasteiger partial charge in [-0.25, -0.2) is 10.4 Å². The number of amides is 2. The third kappa shape index (κ3) is 5.89. The van der Waals surface area contributed by atoms with E-state index in [1.165, 1.54) is 6.20 Å². The highest BCUT2D eigenvalue weighted by atomic mass is 19.4. The minimum absolute atomic E-state index is 0.00824. The van der Waals surface area contributed by atoms with Crippen molar-refractivity contribution in [3.05, 3.63) is 59.3 Å². The van der Waals surface area contributed by atoms with Crippen molar-refractivity contribution in [3.63, 3.8) is 0 Å². The number of hydrazine groups is 1. The van der Waals surface area contributed by atoms with Crippen LogP contribution in [0.25, 0.3) is 0 Å². The Morgan fingerprint density at radius 2 is 1.93 bits per heavy atom. The molecule has 2 unspecified atom stereocenters. The summed E-state index contributed by atoms with van der Waals surface area (Å²) in [6.45, 7) is 3.40. The van der Waals surface area contributed by atoms with Crippen LogP contribution in [0.2, 0.25) is 0 Å². The monoisotopic (exact) mass is 556 g/mol. The van der Waals surface area contributed by atoms with Crippen molar-refractivity contribution < 1.29 is 22.8 Å². The van der Waals surface area contributed by atoms with Crippen LogP contribution < -0.4 is 21.1 Å². The number of carbonyl (C=O) groups excluding carboxylic acids is 2. The predicted octanol–water partition coefficient (Wildman–Crippen LogP) is 1.32. The summed E-state index contributed by atoms with van der Waals surface area (Å²) in [6, 6.07) is 11.7. The van der Waals surface area contributed by atoms with Crippen molar-refractivity contribution in [1.29, 1.82) is 5.26 Å². The molecule has 10 nitrogen and oxygen atoms in total. The maximum Gasteiger partial charge on any atom is 0.402 e. The molecule has 0 saturated carbocycles. The zero-order valence-corrected chi connectivity index (χ0v) is 21.8. The average molecular weight is 557 g/mol. The standard InChI is InChI=1S/C27H31F3N8O2/c28-27(29,30)25-22(16-34-35-26(25)40)38-17-19-3-1-2-4-20(19)21(38)15-32-8-7-24(39)37-11-9-36(10-12-37)23-6-5-18(13-31)14-33-23/h1-6,14,21-22,25,32,34H,7-12,15-17H2,(H,35,40)/t21-,22?,25?/m0/s1. The molecule has 5 rings (SSSR count). The van der Waals surface area contributed by atoms with Gasteiger partial charge in [0.15, 0.2) is 5.92 Å². The second-order valence-electron chi connectivity index (χ2n) is 10.2. The van der Waals surface area contributed by atoms with Gasteiger partial charge in [-0.3, -0.25) is 19.9 Å². The molecule has 2 fully saturated rings. The number of alkyl halides is 3. The third-order valence-electron chi connectivity index (χ3n) is 7.82. The molecular weight excluding hydrogens is 525 g/mol. The Balaban J connectivity index is 1.15. The van der Waals surface area contributed by atoms with E-state index in [0.29, 0.717) is 51.4 Å². The van der Waals surface area contributed by atoms with Crippen molar-refractivity contribution in [2.75, 3.05) is 50.7 Å². The number of rotatable bonds is 7. The summed E-state index contributed by atoms with van der Waals surface area (Å²) in [6.07, 6.45) is -2.87. The second kappa shape index (κ2) is 11.8. The van der Waals surface area contributed by atoms with Gasteiger partial charge in [-0.15, -0.1) is 0 Å². The maximum atomic E-state index is 13.9. The van der Waals surface area contributed by atoms with E-state index in [0.717, 1.165) is 16.9 Å². The molecule has 2 aromatic rings. The molecule has 2 saturated heterocycles. The molecule has 2 amide bonds. The van der Waals surface area contributed by atoms with Crippen molar-refractivity contribution in [2.24, 2.45) is 5.92 Å². The highest BCUT2D eigenvalue weighted by molar-refractivity contribution is 5.80. The lowest BCUT2D eigenvalue weighted by Crippen LogP contribution is -2.64. The van der Waals surface area contributed by atoms with Gasteiger partial charge in [-0.05, 0) is 23.3 Å². The SMILES string of the molecule is N#Cc1ccc(N2CCN(C(=O)CCNC[C@H]3c4ccccc4CN3C3CNNC(=O)C3C(F)(F)F)CC2)nc1. The van der Waals surface area contributed by atoms with E-state index >= 15 is 0 Å². The number of pyridine rings is 1. The molecule has 0 bridgehead atoms. The fraction of sp³-hybridized carbons (Fsp3) is 0.481. The molecule has 3 aliphatic rings. The average Bonchev–Trinajstić information content (AvgIpc) is 3.33. The van der Waals surface area contributed by atoms with Crippen LogP contribution in [0.1, 0.15) is 29.2 Å². The van der Waals surface area contributed by atoms with E-state index < -0.39 is 24.0 Å². The van der Waals surface area contributed by atoms with E-state index in [2.05, 4.69) is 26.1 Å². The van der Waals surface area contributed by atoms with Gasteiger partial charge in [-0.2, -0.15) is 18.4 Å². The van der Waals surface area contributed by atoms with Gasteiger partial charge in [0.1, 0.15) is 11.9 Å². The first-order chi connectivity index (χ1) is 19.3. The fourth-order valence-corrected chi connectivity index (χ4v) is 5.77. The van der Waals surface area contributed by atoms with Crippen LogP contribution in [0.4, 0.5) is 19.0 Å². The lowest BCUT2D eigenvalue weighted by Gasteiger charge is -2.41. The quantitative estimate of drug-likeness (QED) is 0.438. The van der Waals surface area contributed by atoms with Gasteiger partial charge >= 0.3 is 6.18 Å². The van der Waals surface area contributed by atoms with Gasteiger partial charge in [0.05, 0.1) is 5.56 Å². The lowest BCUT2D eigenvalue weighted by atomic mass is 9.94. The van der Waals surface area contributed by atoms with E-state index in [9.17, 15) is 22.8 Å². The molecule has 0 aliphatic carbocycles. The summed E-state index contributed by atoms with van der Waals surface area (Å²) < 4.78 is 41.7. The maximum absolute atomic E-state index is 13.9. The smallest absolute Gasteiger partial charge is 0.353 e. The van der Waals surface area contributed by atoms with Gasteiger partial charge in [0.2, 0.25) is 11.8 Å². The van der Waals surface area contributed by atoms with Crippen LogP contribution in [0.5, 0.6) is 0 Å². The Kier molecular flexibility index (Phi) is 8.20. The van der Waals surface area contributed by atoms with Crippen LogP contribution >= 0.6 is 0 Å². The normalized spacial score (nSPS) is 23.4. The topological polar surface area (TPSA) is 117 Å². The number of anilines is 1. The Labute approximate surface area is 230 Å². The summed E-state index contributed by atoms with van der Waals surface area (Å²) >= 11 is 0. The number of hydrogen-bond donors (Lipinski definition) is 3. The zero-order chi connectivity index (χ0) is 28.3. The molecule has 0 radical (unpaired) electrons. The molecule has 0 spiro atoms. The highest BCUT2D eigenvalue weighted by Gasteiger charge is 2.54. The van der Waals surface area contributed by atoms with Gasteiger partial charge < -0.3 is 15.1 Å². The molecule has 3 N–H and O–H groups in total. The summed E-state index contributed by atoms with van der Waals surface area (Å²) in [7, 11) is 0. The number of piperazine rings is 1. The molecule has 40 heavy (non-hydrogen) atoms. The Bertz CT molecular complexity index is 1260. The Hall–Kier alpha value is -3.73. The Morgan fingerprint density at radius 1 is 1.15 bits per heavy atom.